The maximum absolute atomic E-state index is 11.4. The van der Waals surface area contributed by atoms with E-state index in [1.807, 2.05) is 18.2 Å². The molecular formula is C12H14N2O3. The van der Waals surface area contributed by atoms with E-state index in [4.69, 9.17) is 16.2 Å². The molecule has 1 aromatic rings. The molecule has 1 aromatic carbocycles. The molecule has 1 saturated carbocycles. The standard InChI is InChI=1S/C12H14N2O3/c1-17-9-5-3-2-4-7(9)8-6-12(8,10(13)15)11(14)16/h2-5,8H,6H2,1H3,(H2,13,15)(H2,14,16). The monoisotopic (exact) mass is 234 g/mol. The number of para-hydroxylation sites is 1. The predicted octanol–water partition coefficient (Wildman–Crippen LogP) is 0.139. The minimum Gasteiger partial charge on any atom is -0.496 e. The quantitative estimate of drug-likeness (QED) is 0.725. The lowest BCUT2D eigenvalue weighted by Gasteiger charge is -2.11. The fourth-order valence-electron chi connectivity index (χ4n) is 2.26. The first-order valence-electron chi connectivity index (χ1n) is 5.26. The Kier molecular flexibility index (Phi) is 2.53. The lowest BCUT2D eigenvalue weighted by atomic mass is 9.97. The van der Waals surface area contributed by atoms with E-state index in [0.29, 0.717) is 12.2 Å². The minimum absolute atomic E-state index is 0.270. The van der Waals surface area contributed by atoms with E-state index in [1.165, 1.54) is 7.11 Å². The molecule has 90 valence electrons. The van der Waals surface area contributed by atoms with Crippen LogP contribution in [0.2, 0.25) is 0 Å². The highest BCUT2D eigenvalue weighted by Crippen LogP contribution is 2.60. The number of hydrogen-bond donors (Lipinski definition) is 2. The third-order valence-corrected chi connectivity index (χ3v) is 3.35. The van der Waals surface area contributed by atoms with Crippen LogP contribution in [0.25, 0.3) is 0 Å². The number of methoxy groups -OCH3 is 1. The molecule has 1 aliphatic carbocycles. The molecule has 5 nitrogen and oxygen atoms in total. The molecule has 5 heteroatoms. The zero-order chi connectivity index (χ0) is 12.6. The van der Waals surface area contributed by atoms with Crippen LogP contribution in [-0.2, 0) is 9.59 Å². The highest BCUT2D eigenvalue weighted by molar-refractivity contribution is 6.08. The number of amides is 2. The van der Waals surface area contributed by atoms with Crippen LogP contribution in [0, 0.1) is 5.41 Å². The summed E-state index contributed by atoms with van der Waals surface area (Å²) in [7, 11) is 1.54. The first kappa shape index (κ1) is 11.4. The van der Waals surface area contributed by atoms with Gasteiger partial charge in [0, 0.05) is 5.92 Å². The van der Waals surface area contributed by atoms with Crippen molar-refractivity contribution in [1.29, 1.82) is 0 Å². The Labute approximate surface area is 98.7 Å². The first-order valence-corrected chi connectivity index (χ1v) is 5.26. The minimum atomic E-state index is -1.24. The van der Waals surface area contributed by atoms with Gasteiger partial charge in [-0.1, -0.05) is 18.2 Å². The number of carbonyl (C=O) groups excluding carboxylic acids is 2. The normalized spacial score (nSPS) is 20.6. The molecular weight excluding hydrogens is 220 g/mol. The largest absolute Gasteiger partial charge is 0.496 e. The maximum atomic E-state index is 11.4. The van der Waals surface area contributed by atoms with Gasteiger partial charge in [-0.25, -0.2) is 0 Å². The Morgan fingerprint density at radius 2 is 1.88 bits per heavy atom. The molecule has 1 aliphatic rings. The van der Waals surface area contributed by atoms with E-state index >= 15 is 0 Å². The van der Waals surface area contributed by atoms with Crippen LogP contribution in [0.1, 0.15) is 17.9 Å². The summed E-state index contributed by atoms with van der Waals surface area (Å²) in [5.74, 6) is -0.961. The van der Waals surface area contributed by atoms with E-state index in [2.05, 4.69) is 0 Å². The lowest BCUT2D eigenvalue weighted by molar-refractivity contribution is -0.133. The summed E-state index contributed by atoms with van der Waals surface area (Å²) in [5, 5.41) is 0. The molecule has 1 atom stereocenters. The van der Waals surface area contributed by atoms with E-state index in [0.717, 1.165) is 5.56 Å². The van der Waals surface area contributed by atoms with Gasteiger partial charge in [0.1, 0.15) is 11.2 Å². The van der Waals surface area contributed by atoms with Crippen molar-refractivity contribution >= 4 is 11.8 Å². The van der Waals surface area contributed by atoms with Gasteiger partial charge in [-0.15, -0.1) is 0 Å². The van der Waals surface area contributed by atoms with Crippen molar-refractivity contribution in [2.75, 3.05) is 7.11 Å². The molecule has 17 heavy (non-hydrogen) atoms. The van der Waals surface area contributed by atoms with E-state index in [-0.39, 0.29) is 5.92 Å². The van der Waals surface area contributed by atoms with Crippen molar-refractivity contribution < 1.29 is 14.3 Å². The van der Waals surface area contributed by atoms with Gasteiger partial charge in [-0.05, 0) is 18.1 Å². The molecule has 1 fully saturated rings. The molecule has 0 aliphatic heterocycles. The van der Waals surface area contributed by atoms with Crippen molar-refractivity contribution in [3.63, 3.8) is 0 Å². The summed E-state index contributed by atoms with van der Waals surface area (Å²) >= 11 is 0. The van der Waals surface area contributed by atoms with Crippen molar-refractivity contribution in [2.45, 2.75) is 12.3 Å². The summed E-state index contributed by atoms with van der Waals surface area (Å²) in [5.41, 5.74) is 10.1. The first-order chi connectivity index (χ1) is 8.04. The summed E-state index contributed by atoms with van der Waals surface area (Å²) < 4.78 is 5.20. The Morgan fingerprint density at radius 3 is 2.35 bits per heavy atom. The number of carbonyl (C=O) groups is 2. The fourth-order valence-corrected chi connectivity index (χ4v) is 2.26. The highest BCUT2D eigenvalue weighted by Gasteiger charge is 2.65. The van der Waals surface area contributed by atoms with Crippen molar-refractivity contribution in [1.82, 2.24) is 0 Å². The van der Waals surface area contributed by atoms with E-state index in [9.17, 15) is 9.59 Å². The molecule has 0 aromatic heterocycles. The SMILES string of the molecule is COc1ccccc1C1CC1(C(N)=O)C(N)=O. The van der Waals surface area contributed by atoms with E-state index in [1.54, 1.807) is 6.07 Å². The Balaban J connectivity index is 2.39. The third-order valence-electron chi connectivity index (χ3n) is 3.35. The Bertz CT molecular complexity index is 470. The molecule has 1 unspecified atom stereocenters. The molecule has 0 saturated heterocycles. The van der Waals surface area contributed by atoms with Crippen molar-refractivity contribution in [3.8, 4) is 5.75 Å². The van der Waals surface area contributed by atoms with Gasteiger partial charge in [-0.3, -0.25) is 9.59 Å². The van der Waals surface area contributed by atoms with Gasteiger partial charge in [-0.2, -0.15) is 0 Å². The summed E-state index contributed by atoms with van der Waals surface area (Å²) in [6.07, 6.45) is 0.359. The average Bonchev–Trinajstić information content (AvgIpc) is 3.05. The van der Waals surface area contributed by atoms with E-state index < -0.39 is 17.2 Å². The van der Waals surface area contributed by atoms with Crippen LogP contribution in [0.5, 0.6) is 5.75 Å². The van der Waals surface area contributed by atoms with Crippen LogP contribution in [0.4, 0.5) is 0 Å². The Hall–Kier alpha value is -2.04. The molecule has 4 N–H and O–H groups in total. The predicted molar refractivity (Wildman–Crippen MR) is 61.2 cm³/mol. The van der Waals surface area contributed by atoms with Crippen molar-refractivity contribution in [2.24, 2.45) is 16.9 Å². The van der Waals surface area contributed by atoms with Crippen LogP contribution < -0.4 is 16.2 Å². The molecule has 0 spiro atoms. The van der Waals surface area contributed by atoms with Crippen LogP contribution in [0.3, 0.4) is 0 Å². The summed E-state index contributed by atoms with van der Waals surface area (Å²) in [6.45, 7) is 0. The summed E-state index contributed by atoms with van der Waals surface area (Å²) in [4.78, 5) is 22.8. The zero-order valence-electron chi connectivity index (χ0n) is 9.47. The topological polar surface area (TPSA) is 95.4 Å². The lowest BCUT2D eigenvalue weighted by Crippen LogP contribution is -2.38. The molecule has 2 amide bonds. The second-order valence-corrected chi connectivity index (χ2v) is 4.20. The highest BCUT2D eigenvalue weighted by atomic mass is 16.5. The van der Waals surface area contributed by atoms with Gasteiger partial charge >= 0.3 is 0 Å². The van der Waals surface area contributed by atoms with Gasteiger partial charge in [0.2, 0.25) is 11.8 Å². The van der Waals surface area contributed by atoms with Crippen LogP contribution >= 0.6 is 0 Å². The fraction of sp³-hybridized carbons (Fsp3) is 0.333. The number of primary amides is 2. The van der Waals surface area contributed by atoms with Crippen LogP contribution in [-0.4, -0.2) is 18.9 Å². The van der Waals surface area contributed by atoms with Crippen LogP contribution in [0.15, 0.2) is 24.3 Å². The average molecular weight is 234 g/mol. The summed E-state index contributed by atoms with van der Waals surface area (Å²) in [6, 6.07) is 7.24. The number of ether oxygens (including phenoxy) is 1. The molecule has 2 rings (SSSR count). The Morgan fingerprint density at radius 1 is 1.29 bits per heavy atom. The number of hydrogen-bond acceptors (Lipinski definition) is 3. The second kappa shape index (κ2) is 3.76. The van der Waals surface area contributed by atoms with Crippen molar-refractivity contribution in [3.05, 3.63) is 29.8 Å². The molecule has 0 radical (unpaired) electrons. The van der Waals surface area contributed by atoms with Gasteiger partial charge in [0.15, 0.2) is 0 Å². The van der Waals surface area contributed by atoms with Gasteiger partial charge < -0.3 is 16.2 Å². The third kappa shape index (κ3) is 1.54. The zero-order valence-corrected chi connectivity index (χ0v) is 9.47. The maximum Gasteiger partial charge on any atom is 0.233 e. The molecule has 0 heterocycles. The number of nitrogens with two attached hydrogens (primary N) is 2. The number of benzene rings is 1. The van der Waals surface area contributed by atoms with Gasteiger partial charge in [0.25, 0.3) is 0 Å². The second-order valence-electron chi connectivity index (χ2n) is 4.20. The smallest absolute Gasteiger partial charge is 0.233 e. The number of rotatable bonds is 4. The molecule has 0 bridgehead atoms. The van der Waals surface area contributed by atoms with Gasteiger partial charge in [0.05, 0.1) is 7.11 Å².